The Balaban J connectivity index is 1.51. The smallest absolute Gasteiger partial charge is 0.235 e. The second-order valence-corrected chi connectivity index (χ2v) is 8.69. The summed E-state index contributed by atoms with van der Waals surface area (Å²) in [6.45, 7) is 3.40. The highest BCUT2D eigenvalue weighted by molar-refractivity contribution is 9.10. The van der Waals surface area contributed by atoms with Crippen LogP contribution in [0, 0.1) is 6.92 Å². The predicted octanol–water partition coefficient (Wildman–Crippen LogP) is 6.02. The van der Waals surface area contributed by atoms with Crippen LogP contribution in [-0.2, 0) is 13.1 Å². The molecule has 0 amide bonds. The van der Waals surface area contributed by atoms with Crippen molar-refractivity contribution in [3.63, 3.8) is 0 Å². The molecule has 0 aliphatic carbocycles. The van der Waals surface area contributed by atoms with E-state index in [1.165, 1.54) is 0 Å². The number of halogens is 1. The largest absolute Gasteiger partial charge is 0.496 e. The molecule has 7 heteroatoms. The minimum absolute atomic E-state index is 0.178. The van der Waals surface area contributed by atoms with Crippen LogP contribution in [0.5, 0.6) is 23.0 Å². The minimum atomic E-state index is -0.214. The van der Waals surface area contributed by atoms with Gasteiger partial charge in [0.1, 0.15) is 35.3 Å². The van der Waals surface area contributed by atoms with Crippen LogP contribution < -0.4 is 19.6 Å². The van der Waals surface area contributed by atoms with Gasteiger partial charge in [-0.3, -0.25) is 9.69 Å². The Bertz CT molecular complexity index is 1400. The lowest BCUT2D eigenvalue weighted by molar-refractivity contribution is 0.0882. The number of ether oxygens (including phenoxy) is 3. The summed E-state index contributed by atoms with van der Waals surface area (Å²) >= 11 is 3.46. The third-order valence-electron chi connectivity index (χ3n) is 5.66. The molecule has 4 aromatic rings. The lowest BCUT2D eigenvalue weighted by Gasteiger charge is -2.29. The molecule has 168 valence electrons. The normalized spacial score (nSPS) is 13.4. The third-order valence-corrected chi connectivity index (χ3v) is 6.32. The Hall–Kier alpha value is -3.29. The maximum Gasteiger partial charge on any atom is 0.235 e. The highest BCUT2D eigenvalue weighted by atomic mass is 79.9. The van der Waals surface area contributed by atoms with Crippen molar-refractivity contribution in [2.45, 2.75) is 20.0 Å². The topological polar surface area (TPSA) is 61.1 Å². The number of para-hydroxylation sites is 2. The van der Waals surface area contributed by atoms with E-state index in [1.807, 2.05) is 48.5 Å². The van der Waals surface area contributed by atoms with Gasteiger partial charge in [-0.15, -0.1) is 0 Å². The molecule has 3 aromatic carbocycles. The van der Waals surface area contributed by atoms with E-state index in [1.54, 1.807) is 26.2 Å². The third kappa shape index (κ3) is 4.10. The summed E-state index contributed by atoms with van der Waals surface area (Å²) < 4.78 is 24.3. The average Bonchev–Trinajstić information content (AvgIpc) is 2.83. The van der Waals surface area contributed by atoms with Gasteiger partial charge in [-0.05, 0) is 53.2 Å². The minimum Gasteiger partial charge on any atom is -0.496 e. The van der Waals surface area contributed by atoms with Gasteiger partial charge in [0.2, 0.25) is 11.2 Å². The van der Waals surface area contributed by atoms with Crippen molar-refractivity contribution in [2.75, 3.05) is 13.8 Å². The predicted molar refractivity (Wildman–Crippen MR) is 129 cm³/mol. The zero-order valence-electron chi connectivity index (χ0n) is 18.3. The number of nitrogens with zero attached hydrogens (tertiary/aromatic N) is 1. The summed E-state index contributed by atoms with van der Waals surface area (Å²) in [5.74, 6) is 2.70. The molecular weight excluding hydrogens is 486 g/mol. The molecule has 1 aromatic heterocycles. The Labute approximate surface area is 199 Å². The van der Waals surface area contributed by atoms with Gasteiger partial charge in [0.15, 0.2) is 0 Å². The van der Waals surface area contributed by atoms with Gasteiger partial charge in [0.25, 0.3) is 0 Å². The van der Waals surface area contributed by atoms with Crippen molar-refractivity contribution in [3.05, 3.63) is 92.2 Å². The summed E-state index contributed by atoms with van der Waals surface area (Å²) in [5, 5.41) is 0.462. The van der Waals surface area contributed by atoms with Gasteiger partial charge >= 0.3 is 0 Å². The van der Waals surface area contributed by atoms with Gasteiger partial charge < -0.3 is 18.6 Å². The second kappa shape index (κ2) is 8.92. The lowest BCUT2D eigenvalue weighted by Crippen LogP contribution is -2.32. The summed E-state index contributed by atoms with van der Waals surface area (Å²) in [6.07, 6.45) is 0. The van der Waals surface area contributed by atoms with Gasteiger partial charge in [-0.25, -0.2) is 0 Å². The monoisotopic (exact) mass is 507 g/mol. The molecule has 0 atom stereocenters. The molecule has 0 radical (unpaired) electrons. The second-order valence-electron chi connectivity index (χ2n) is 7.84. The molecule has 5 rings (SSSR count). The molecule has 0 saturated heterocycles. The number of rotatable bonds is 5. The summed E-state index contributed by atoms with van der Waals surface area (Å²) in [4.78, 5) is 15.5. The van der Waals surface area contributed by atoms with Gasteiger partial charge in [0.05, 0.1) is 22.5 Å². The van der Waals surface area contributed by atoms with Crippen LogP contribution in [0.1, 0.15) is 16.9 Å². The quantitative estimate of drug-likeness (QED) is 0.329. The summed E-state index contributed by atoms with van der Waals surface area (Å²) in [6, 6.07) is 18.9. The fourth-order valence-electron chi connectivity index (χ4n) is 4.03. The first kappa shape index (κ1) is 21.6. The van der Waals surface area contributed by atoms with Crippen molar-refractivity contribution in [3.8, 4) is 23.0 Å². The molecule has 0 bridgehead atoms. The van der Waals surface area contributed by atoms with Crippen LogP contribution in [0.4, 0.5) is 0 Å². The highest BCUT2D eigenvalue weighted by Gasteiger charge is 2.25. The van der Waals surface area contributed by atoms with Crippen LogP contribution >= 0.6 is 15.9 Å². The molecule has 2 heterocycles. The van der Waals surface area contributed by atoms with E-state index < -0.39 is 0 Å². The summed E-state index contributed by atoms with van der Waals surface area (Å²) in [5.41, 5.74) is 2.23. The molecule has 0 saturated carbocycles. The standard InChI is InChI=1S/C26H22BrNO5/c1-16-25(33-23-10-6-4-8-20(23)27)24(29)18-11-12-22-19(26(18)32-16)14-28(15-31-22)13-17-7-3-5-9-21(17)30-2/h3-12H,13-15H2,1-2H3. The van der Waals surface area contributed by atoms with Crippen molar-refractivity contribution in [1.29, 1.82) is 0 Å². The zero-order valence-corrected chi connectivity index (χ0v) is 19.8. The zero-order chi connectivity index (χ0) is 22.9. The van der Waals surface area contributed by atoms with Crippen molar-refractivity contribution >= 4 is 26.9 Å². The average molecular weight is 508 g/mol. The van der Waals surface area contributed by atoms with Crippen molar-refractivity contribution in [1.82, 2.24) is 4.90 Å². The van der Waals surface area contributed by atoms with Crippen LogP contribution in [-0.4, -0.2) is 18.7 Å². The van der Waals surface area contributed by atoms with Crippen LogP contribution in [0.2, 0.25) is 0 Å². The highest BCUT2D eigenvalue weighted by Crippen LogP contribution is 2.36. The fourth-order valence-corrected chi connectivity index (χ4v) is 4.40. The Morgan fingerprint density at radius 1 is 1.03 bits per heavy atom. The van der Waals surface area contributed by atoms with E-state index in [0.717, 1.165) is 27.1 Å². The van der Waals surface area contributed by atoms with Gasteiger partial charge in [0, 0.05) is 18.7 Å². The van der Waals surface area contributed by atoms with E-state index in [2.05, 4.69) is 20.8 Å². The number of methoxy groups -OCH3 is 1. The molecule has 1 aliphatic rings. The molecular formula is C26H22BrNO5. The van der Waals surface area contributed by atoms with Crippen LogP contribution in [0.25, 0.3) is 11.0 Å². The Morgan fingerprint density at radius 2 is 1.79 bits per heavy atom. The first-order valence-electron chi connectivity index (χ1n) is 10.5. The van der Waals surface area contributed by atoms with Crippen molar-refractivity contribution in [2.24, 2.45) is 0 Å². The number of hydrogen-bond donors (Lipinski definition) is 0. The van der Waals surface area contributed by atoms with E-state index >= 15 is 0 Å². The Morgan fingerprint density at radius 3 is 2.58 bits per heavy atom. The number of hydrogen-bond acceptors (Lipinski definition) is 6. The Kier molecular flexibility index (Phi) is 5.83. The number of aryl methyl sites for hydroxylation is 1. The number of fused-ring (bicyclic) bond motifs is 3. The van der Waals surface area contributed by atoms with E-state index in [9.17, 15) is 4.79 Å². The van der Waals surface area contributed by atoms with Crippen LogP contribution in [0.15, 0.2) is 74.3 Å². The van der Waals surface area contributed by atoms with E-state index in [4.69, 9.17) is 18.6 Å². The molecule has 0 spiro atoms. The van der Waals surface area contributed by atoms with E-state index in [0.29, 0.717) is 42.3 Å². The molecule has 1 aliphatic heterocycles. The van der Waals surface area contributed by atoms with Gasteiger partial charge in [-0.1, -0.05) is 30.3 Å². The molecule has 0 unspecified atom stereocenters. The SMILES string of the molecule is COc1ccccc1CN1COc2ccc3c(=O)c(Oc4ccccc4Br)c(C)oc3c2C1. The molecule has 6 nitrogen and oxygen atoms in total. The maximum atomic E-state index is 13.3. The van der Waals surface area contributed by atoms with Crippen LogP contribution in [0.3, 0.4) is 0 Å². The lowest BCUT2D eigenvalue weighted by atomic mass is 10.1. The first-order chi connectivity index (χ1) is 16.0. The fraction of sp³-hybridized carbons (Fsp3) is 0.192. The van der Waals surface area contributed by atoms with E-state index in [-0.39, 0.29) is 11.2 Å². The van der Waals surface area contributed by atoms with Crippen molar-refractivity contribution < 1.29 is 18.6 Å². The maximum absolute atomic E-state index is 13.3. The summed E-state index contributed by atoms with van der Waals surface area (Å²) in [7, 11) is 1.67. The molecule has 0 fully saturated rings. The van der Waals surface area contributed by atoms with Gasteiger partial charge in [-0.2, -0.15) is 0 Å². The number of benzene rings is 3. The molecule has 33 heavy (non-hydrogen) atoms. The molecule has 0 N–H and O–H groups in total. The first-order valence-corrected chi connectivity index (χ1v) is 11.3.